The van der Waals surface area contributed by atoms with E-state index in [9.17, 15) is 18.0 Å². The van der Waals surface area contributed by atoms with Crippen molar-refractivity contribution in [2.75, 3.05) is 18.8 Å². The van der Waals surface area contributed by atoms with E-state index in [2.05, 4.69) is 25.6 Å². The Bertz CT molecular complexity index is 1280. The fraction of sp³-hybridized carbons (Fsp3) is 0.478. The number of likely N-dealkylation sites (tertiary alicyclic amines) is 1. The molecule has 3 aromatic heterocycles. The van der Waals surface area contributed by atoms with Gasteiger partial charge in [-0.2, -0.15) is 23.4 Å². The Morgan fingerprint density at radius 3 is 2.69 bits per heavy atom. The molecule has 1 unspecified atom stereocenters. The van der Waals surface area contributed by atoms with E-state index in [4.69, 9.17) is 5.73 Å². The highest BCUT2D eigenvalue weighted by Crippen LogP contribution is 2.44. The molecule has 9 nitrogen and oxygen atoms in total. The van der Waals surface area contributed by atoms with Crippen LogP contribution in [0.3, 0.4) is 0 Å². The van der Waals surface area contributed by atoms with Crippen LogP contribution in [-0.2, 0) is 18.1 Å². The molecule has 2 aliphatic heterocycles. The van der Waals surface area contributed by atoms with E-state index < -0.39 is 17.6 Å². The average Bonchev–Trinajstić information content (AvgIpc) is 3.54. The van der Waals surface area contributed by atoms with Gasteiger partial charge in [0.25, 0.3) is 0 Å². The van der Waals surface area contributed by atoms with E-state index in [1.807, 2.05) is 31.5 Å². The molecule has 1 spiro atoms. The largest absolute Gasteiger partial charge is 0.419 e. The van der Waals surface area contributed by atoms with Crippen LogP contribution in [0.25, 0.3) is 11.3 Å². The summed E-state index contributed by atoms with van der Waals surface area (Å²) in [5, 5.41) is 14.8. The lowest BCUT2D eigenvalue weighted by Gasteiger charge is -2.25. The molecule has 3 aromatic rings. The predicted octanol–water partition coefficient (Wildman–Crippen LogP) is 3.70. The quantitative estimate of drug-likeness (QED) is 0.520. The number of aromatic amines is 1. The first kappa shape index (κ1) is 23.2. The van der Waals surface area contributed by atoms with E-state index >= 15 is 0 Å². The second-order valence-corrected chi connectivity index (χ2v) is 9.51. The number of alkyl halides is 3. The number of nitrogen functional groups attached to an aromatic ring is 1. The molecule has 2 amide bonds. The molecule has 2 atom stereocenters. The van der Waals surface area contributed by atoms with Crippen LogP contribution in [-0.4, -0.2) is 49.0 Å². The fourth-order valence-electron chi connectivity index (χ4n) is 5.45. The topological polar surface area (TPSA) is 118 Å². The van der Waals surface area contributed by atoms with Crippen molar-refractivity contribution in [1.82, 2.24) is 35.2 Å². The van der Waals surface area contributed by atoms with Crippen LogP contribution < -0.4 is 11.1 Å². The molecule has 5 heterocycles. The van der Waals surface area contributed by atoms with Crippen molar-refractivity contribution in [3.05, 3.63) is 46.5 Å². The highest BCUT2D eigenvalue weighted by Gasteiger charge is 2.47. The van der Waals surface area contributed by atoms with Gasteiger partial charge in [-0.3, -0.25) is 9.78 Å². The molecule has 2 aliphatic rings. The lowest BCUT2D eigenvalue weighted by atomic mass is 9.82. The number of pyridine rings is 1. The van der Waals surface area contributed by atoms with Gasteiger partial charge in [0.15, 0.2) is 0 Å². The number of nitrogens with zero attached hydrogens (tertiary/aromatic N) is 5. The highest BCUT2D eigenvalue weighted by molar-refractivity contribution is 5.75. The summed E-state index contributed by atoms with van der Waals surface area (Å²) in [4.78, 5) is 18.6. The van der Waals surface area contributed by atoms with E-state index in [1.165, 1.54) is 6.20 Å². The van der Waals surface area contributed by atoms with Gasteiger partial charge in [-0.15, -0.1) is 0 Å². The average molecular weight is 489 g/mol. The van der Waals surface area contributed by atoms with Crippen LogP contribution in [0.1, 0.15) is 54.0 Å². The first-order valence-electron chi connectivity index (χ1n) is 11.5. The third kappa shape index (κ3) is 3.90. The molecule has 0 radical (unpaired) electrons. The van der Waals surface area contributed by atoms with Crippen molar-refractivity contribution >= 4 is 11.8 Å². The number of H-pyrrole nitrogens is 1. The summed E-state index contributed by atoms with van der Waals surface area (Å²) in [6.45, 7) is 7.51. The SMILES string of the molecule is Cc1n[nH]c(C)c1C(C)NC(=O)N1CC[C@@]2(CCn3nc(-c4cnc(N)c(C(F)(F)F)c4)cc32)C1. The van der Waals surface area contributed by atoms with Crippen LogP contribution in [0, 0.1) is 13.8 Å². The maximum absolute atomic E-state index is 13.3. The minimum atomic E-state index is -4.60. The molecule has 0 aliphatic carbocycles. The molecule has 0 saturated carbocycles. The van der Waals surface area contributed by atoms with Crippen molar-refractivity contribution in [2.45, 2.75) is 57.8 Å². The minimum Gasteiger partial charge on any atom is -0.383 e. The molecular weight excluding hydrogens is 461 g/mol. The Balaban J connectivity index is 1.34. The van der Waals surface area contributed by atoms with Gasteiger partial charge in [0, 0.05) is 53.8 Å². The monoisotopic (exact) mass is 488 g/mol. The second-order valence-electron chi connectivity index (χ2n) is 9.51. The van der Waals surface area contributed by atoms with Crippen molar-refractivity contribution in [1.29, 1.82) is 0 Å². The Labute approximate surface area is 199 Å². The number of nitrogens with one attached hydrogen (secondary N) is 2. The summed E-state index contributed by atoms with van der Waals surface area (Å²) in [5.41, 5.74) is 8.55. The Morgan fingerprint density at radius 2 is 2.00 bits per heavy atom. The number of halogens is 3. The van der Waals surface area contributed by atoms with Crippen LogP contribution >= 0.6 is 0 Å². The van der Waals surface area contributed by atoms with Crippen LogP contribution in [0.15, 0.2) is 18.3 Å². The molecule has 4 N–H and O–H groups in total. The molecule has 186 valence electrons. The first-order chi connectivity index (χ1) is 16.5. The lowest BCUT2D eigenvalue weighted by molar-refractivity contribution is -0.137. The van der Waals surface area contributed by atoms with Gasteiger partial charge >= 0.3 is 12.2 Å². The molecule has 12 heteroatoms. The number of carbonyl (C=O) groups is 1. The molecule has 0 aromatic carbocycles. The van der Waals surface area contributed by atoms with Crippen LogP contribution in [0.2, 0.25) is 0 Å². The van der Waals surface area contributed by atoms with Gasteiger partial charge in [0.05, 0.1) is 23.0 Å². The van der Waals surface area contributed by atoms with Crippen molar-refractivity contribution in [2.24, 2.45) is 0 Å². The fourth-order valence-corrected chi connectivity index (χ4v) is 5.45. The van der Waals surface area contributed by atoms with E-state index in [1.54, 1.807) is 4.90 Å². The van der Waals surface area contributed by atoms with Gasteiger partial charge in [-0.1, -0.05) is 0 Å². The normalized spacial score (nSPS) is 20.5. The molecule has 35 heavy (non-hydrogen) atoms. The second kappa shape index (κ2) is 7.99. The smallest absolute Gasteiger partial charge is 0.383 e. The molecule has 1 saturated heterocycles. The number of fused-ring (bicyclic) bond motifs is 2. The predicted molar refractivity (Wildman–Crippen MR) is 122 cm³/mol. The standard InChI is InChI=1S/C23H27F3N8O/c1-12(19-13(2)30-31-14(19)3)29-21(35)33-6-4-22(11-33)5-7-34-18(22)9-17(32-34)15-8-16(23(24,25)26)20(27)28-10-15/h8-10,12H,4-7,11H2,1-3H3,(H2,27,28)(H,29,35)(H,30,31)/t12?,22-/m1/s1. The molecule has 0 bridgehead atoms. The van der Waals surface area contributed by atoms with Crippen molar-refractivity contribution < 1.29 is 18.0 Å². The summed E-state index contributed by atoms with van der Waals surface area (Å²) in [6, 6.07) is 2.47. The summed E-state index contributed by atoms with van der Waals surface area (Å²) in [7, 11) is 0. The van der Waals surface area contributed by atoms with Gasteiger partial charge in [-0.05, 0) is 45.7 Å². The number of amides is 2. The zero-order chi connectivity index (χ0) is 25.1. The summed E-state index contributed by atoms with van der Waals surface area (Å²) < 4.78 is 41.7. The van der Waals surface area contributed by atoms with Gasteiger partial charge in [0.1, 0.15) is 5.82 Å². The number of aryl methyl sites for hydroxylation is 3. The van der Waals surface area contributed by atoms with E-state index in [0.717, 1.165) is 41.6 Å². The number of rotatable bonds is 3. The van der Waals surface area contributed by atoms with Gasteiger partial charge in [0.2, 0.25) is 0 Å². The number of carbonyl (C=O) groups excluding carboxylic acids is 1. The number of aromatic nitrogens is 5. The Hall–Kier alpha value is -3.57. The van der Waals surface area contributed by atoms with Gasteiger partial charge in [-0.25, -0.2) is 9.78 Å². The van der Waals surface area contributed by atoms with Gasteiger partial charge < -0.3 is 16.0 Å². The van der Waals surface area contributed by atoms with Crippen LogP contribution in [0.5, 0.6) is 0 Å². The molecular formula is C23H27F3N8O. The van der Waals surface area contributed by atoms with Crippen molar-refractivity contribution in [3.8, 4) is 11.3 Å². The number of urea groups is 1. The maximum Gasteiger partial charge on any atom is 0.419 e. The number of anilines is 1. The van der Waals surface area contributed by atoms with Crippen LogP contribution in [0.4, 0.5) is 23.8 Å². The highest BCUT2D eigenvalue weighted by atomic mass is 19.4. The Morgan fingerprint density at radius 1 is 1.26 bits per heavy atom. The summed E-state index contributed by atoms with van der Waals surface area (Å²) in [6.07, 6.45) is -1.70. The summed E-state index contributed by atoms with van der Waals surface area (Å²) in [5.74, 6) is -0.558. The number of nitrogens with two attached hydrogens (primary N) is 1. The number of hydrogen-bond donors (Lipinski definition) is 3. The summed E-state index contributed by atoms with van der Waals surface area (Å²) >= 11 is 0. The zero-order valence-electron chi connectivity index (χ0n) is 19.7. The van der Waals surface area contributed by atoms with Crippen molar-refractivity contribution in [3.63, 3.8) is 0 Å². The third-order valence-electron chi connectivity index (χ3n) is 7.24. The lowest BCUT2D eigenvalue weighted by Crippen LogP contribution is -2.41. The third-order valence-corrected chi connectivity index (χ3v) is 7.24. The number of hydrogen-bond acceptors (Lipinski definition) is 5. The first-order valence-corrected chi connectivity index (χ1v) is 11.5. The molecule has 1 fully saturated rings. The minimum absolute atomic E-state index is 0.148. The van der Waals surface area contributed by atoms with E-state index in [-0.39, 0.29) is 23.1 Å². The Kier molecular flexibility index (Phi) is 5.29. The van der Waals surface area contributed by atoms with E-state index in [0.29, 0.717) is 25.3 Å². The molecule has 5 rings (SSSR count). The maximum atomic E-state index is 13.3. The zero-order valence-corrected chi connectivity index (χ0v) is 19.7.